The fourth-order valence-electron chi connectivity index (χ4n) is 2.24. The number of aryl methyl sites for hydroxylation is 1. The standard InChI is InChI=1S/C12H20N2S/c1-2-3-6-11-14-10(9-15-11)12(13)7-4-5-8-12/h9H,2-8,13H2,1H3. The number of nitrogens with zero attached hydrogens (tertiary/aromatic N) is 1. The number of hydrogen-bond donors (Lipinski definition) is 1. The SMILES string of the molecule is CCCCc1nc(C2(N)CCCC2)cs1. The summed E-state index contributed by atoms with van der Waals surface area (Å²) in [7, 11) is 0. The van der Waals surface area contributed by atoms with Crippen LogP contribution in [-0.2, 0) is 12.0 Å². The highest BCUT2D eigenvalue weighted by atomic mass is 32.1. The van der Waals surface area contributed by atoms with Crippen LogP contribution in [-0.4, -0.2) is 4.98 Å². The molecule has 1 aromatic heterocycles. The van der Waals surface area contributed by atoms with E-state index < -0.39 is 0 Å². The smallest absolute Gasteiger partial charge is 0.0929 e. The van der Waals surface area contributed by atoms with E-state index >= 15 is 0 Å². The fraction of sp³-hybridized carbons (Fsp3) is 0.750. The van der Waals surface area contributed by atoms with Gasteiger partial charge in [0.2, 0.25) is 0 Å². The first-order valence-electron chi connectivity index (χ1n) is 5.98. The Kier molecular flexibility index (Phi) is 3.42. The van der Waals surface area contributed by atoms with Crippen molar-refractivity contribution in [1.29, 1.82) is 0 Å². The maximum atomic E-state index is 6.37. The van der Waals surface area contributed by atoms with Gasteiger partial charge < -0.3 is 5.73 Å². The third-order valence-corrected chi connectivity index (χ3v) is 4.21. The van der Waals surface area contributed by atoms with E-state index in [0.29, 0.717) is 0 Å². The second-order valence-corrected chi connectivity index (χ2v) is 5.54. The quantitative estimate of drug-likeness (QED) is 0.853. The molecule has 0 spiro atoms. The molecule has 0 unspecified atom stereocenters. The zero-order chi connectivity index (χ0) is 10.7. The lowest BCUT2D eigenvalue weighted by Gasteiger charge is -2.20. The number of nitrogens with two attached hydrogens (primary N) is 1. The fourth-order valence-corrected chi connectivity index (χ4v) is 3.19. The zero-order valence-corrected chi connectivity index (χ0v) is 10.3. The van der Waals surface area contributed by atoms with E-state index in [1.54, 1.807) is 11.3 Å². The molecule has 0 aliphatic heterocycles. The van der Waals surface area contributed by atoms with Gasteiger partial charge in [0.15, 0.2) is 0 Å². The second kappa shape index (κ2) is 4.62. The summed E-state index contributed by atoms with van der Waals surface area (Å²) in [5.74, 6) is 0. The molecule has 2 N–H and O–H groups in total. The molecular weight excluding hydrogens is 204 g/mol. The Balaban J connectivity index is 2.05. The number of hydrogen-bond acceptors (Lipinski definition) is 3. The van der Waals surface area contributed by atoms with Crippen LogP contribution >= 0.6 is 11.3 Å². The molecule has 0 bridgehead atoms. The molecule has 1 aliphatic rings. The Bertz CT molecular complexity index is 313. The Morgan fingerprint density at radius 2 is 2.20 bits per heavy atom. The molecule has 0 amide bonds. The van der Waals surface area contributed by atoms with Gasteiger partial charge in [-0.3, -0.25) is 0 Å². The number of thiazole rings is 1. The second-order valence-electron chi connectivity index (χ2n) is 4.59. The van der Waals surface area contributed by atoms with E-state index in [1.807, 2.05) is 0 Å². The van der Waals surface area contributed by atoms with Crippen molar-refractivity contribution < 1.29 is 0 Å². The first-order valence-corrected chi connectivity index (χ1v) is 6.86. The number of rotatable bonds is 4. The van der Waals surface area contributed by atoms with Gasteiger partial charge in [-0.1, -0.05) is 26.2 Å². The molecule has 0 atom stereocenters. The van der Waals surface area contributed by atoms with Gasteiger partial charge in [0, 0.05) is 5.38 Å². The predicted molar refractivity (Wildman–Crippen MR) is 65.1 cm³/mol. The Labute approximate surface area is 95.9 Å². The van der Waals surface area contributed by atoms with Crippen molar-refractivity contribution in [1.82, 2.24) is 4.98 Å². The van der Waals surface area contributed by atoms with E-state index in [1.165, 1.54) is 30.7 Å². The van der Waals surface area contributed by atoms with E-state index in [-0.39, 0.29) is 5.54 Å². The van der Waals surface area contributed by atoms with Crippen molar-refractivity contribution in [3.63, 3.8) is 0 Å². The average Bonchev–Trinajstić information content (AvgIpc) is 2.84. The van der Waals surface area contributed by atoms with Gasteiger partial charge in [-0.2, -0.15) is 0 Å². The van der Waals surface area contributed by atoms with E-state index in [4.69, 9.17) is 10.7 Å². The van der Waals surface area contributed by atoms with E-state index in [0.717, 1.165) is 25.0 Å². The Morgan fingerprint density at radius 1 is 1.47 bits per heavy atom. The Hall–Kier alpha value is -0.410. The topological polar surface area (TPSA) is 38.9 Å². The Morgan fingerprint density at radius 3 is 2.87 bits per heavy atom. The summed E-state index contributed by atoms with van der Waals surface area (Å²) >= 11 is 1.78. The van der Waals surface area contributed by atoms with Crippen LogP contribution in [0.4, 0.5) is 0 Å². The van der Waals surface area contributed by atoms with Crippen LogP contribution in [0.1, 0.15) is 56.2 Å². The highest BCUT2D eigenvalue weighted by molar-refractivity contribution is 7.09. The van der Waals surface area contributed by atoms with E-state index in [9.17, 15) is 0 Å². The van der Waals surface area contributed by atoms with Crippen LogP contribution in [0.3, 0.4) is 0 Å². The first-order chi connectivity index (χ1) is 7.24. The highest BCUT2D eigenvalue weighted by Crippen LogP contribution is 2.36. The van der Waals surface area contributed by atoms with Crippen LogP contribution in [0.25, 0.3) is 0 Å². The summed E-state index contributed by atoms with van der Waals surface area (Å²) in [4.78, 5) is 4.70. The molecule has 84 valence electrons. The molecule has 1 saturated carbocycles. The molecule has 1 aromatic rings. The third kappa shape index (κ3) is 2.40. The van der Waals surface area contributed by atoms with Crippen molar-refractivity contribution in [2.45, 2.75) is 57.4 Å². The summed E-state index contributed by atoms with van der Waals surface area (Å²) in [6.07, 6.45) is 8.36. The summed E-state index contributed by atoms with van der Waals surface area (Å²) in [5.41, 5.74) is 7.42. The maximum absolute atomic E-state index is 6.37. The maximum Gasteiger partial charge on any atom is 0.0929 e. The molecule has 1 aliphatic carbocycles. The van der Waals surface area contributed by atoms with Gasteiger partial charge in [0.05, 0.1) is 16.2 Å². The summed E-state index contributed by atoms with van der Waals surface area (Å²) in [6, 6.07) is 0. The highest BCUT2D eigenvalue weighted by Gasteiger charge is 2.33. The number of unbranched alkanes of at least 4 members (excludes halogenated alkanes) is 1. The van der Waals surface area contributed by atoms with Gasteiger partial charge in [-0.15, -0.1) is 11.3 Å². The van der Waals surface area contributed by atoms with Gasteiger partial charge in [-0.05, 0) is 25.7 Å². The monoisotopic (exact) mass is 224 g/mol. The van der Waals surface area contributed by atoms with Crippen LogP contribution < -0.4 is 5.73 Å². The summed E-state index contributed by atoms with van der Waals surface area (Å²) in [5, 5.41) is 3.44. The van der Waals surface area contributed by atoms with Gasteiger partial charge in [-0.25, -0.2) is 4.98 Å². The molecule has 0 aromatic carbocycles. The van der Waals surface area contributed by atoms with Crippen LogP contribution in [0.2, 0.25) is 0 Å². The molecule has 1 fully saturated rings. The number of aromatic nitrogens is 1. The minimum absolute atomic E-state index is 0.0963. The molecule has 2 nitrogen and oxygen atoms in total. The molecule has 1 heterocycles. The lowest BCUT2D eigenvalue weighted by atomic mass is 9.96. The zero-order valence-electron chi connectivity index (χ0n) is 9.46. The summed E-state index contributed by atoms with van der Waals surface area (Å²) in [6.45, 7) is 2.22. The minimum atomic E-state index is -0.0963. The van der Waals surface area contributed by atoms with Crippen molar-refractivity contribution in [2.75, 3.05) is 0 Å². The van der Waals surface area contributed by atoms with Crippen molar-refractivity contribution >= 4 is 11.3 Å². The van der Waals surface area contributed by atoms with Crippen molar-refractivity contribution in [3.05, 3.63) is 16.1 Å². The molecule has 0 saturated heterocycles. The summed E-state index contributed by atoms with van der Waals surface area (Å²) < 4.78 is 0. The van der Waals surface area contributed by atoms with Crippen molar-refractivity contribution in [2.24, 2.45) is 5.73 Å². The molecule has 2 rings (SSSR count). The average molecular weight is 224 g/mol. The van der Waals surface area contributed by atoms with Gasteiger partial charge in [0.25, 0.3) is 0 Å². The lowest BCUT2D eigenvalue weighted by Crippen LogP contribution is -2.33. The molecule has 3 heteroatoms. The third-order valence-electron chi connectivity index (χ3n) is 3.30. The predicted octanol–water partition coefficient (Wildman–Crippen LogP) is 3.21. The molecular formula is C12H20N2S. The normalized spacial score (nSPS) is 19.6. The largest absolute Gasteiger partial charge is 0.320 e. The van der Waals surface area contributed by atoms with Crippen molar-refractivity contribution in [3.8, 4) is 0 Å². The minimum Gasteiger partial charge on any atom is -0.320 e. The first kappa shape index (κ1) is 11.1. The lowest BCUT2D eigenvalue weighted by molar-refractivity contribution is 0.448. The molecule has 0 radical (unpaired) electrons. The molecule has 15 heavy (non-hydrogen) atoms. The van der Waals surface area contributed by atoms with Crippen LogP contribution in [0, 0.1) is 0 Å². The van der Waals surface area contributed by atoms with Gasteiger partial charge in [0.1, 0.15) is 0 Å². The van der Waals surface area contributed by atoms with Gasteiger partial charge >= 0.3 is 0 Å². The van der Waals surface area contributed by atoms with E-state index in [2.05, 4.69) is 12.3 Å². The van der Waals surface area contributed by atoms with Crippen LogP contribution in [0.5, 0.6) is 0 Å². The van der Waals surface area contributed by atoms with Crippen LogP contribution in [0.15, 0.2) is 5.38 Å².